The minimum Gasteiger partial charge on any atom is -0.468 e. The predicted molar refractivity (Wildman–Crippen MR) is 72.4 cm³/mol. The Morgan fingerprint density at radius 1 is 1.45 bits per heavy atom. The molecule has 1 aromatic heterocycles. The molecule has 0 fully saturated rings. The van der Waals surface area contributed by atoms with Crippen molar-refractivity contribution in [1.29, 1.82) is 0 Å². The van der Waals surface area contributed by atoms with E-state index < -0.39 is 17.7 Å². The van der Waals surface area contributed by atoms with Crippen molar-refractivity contribution in [2.75, 3.05) is 14.2 Å². The molecule has 0 saturated carbocycles. The van der Waals surface area contributed by atoms with Gasteiger partial charge < -0.3 is 14.8 Å². The average molecular weight is 283 g/mol. The molecule has 0 aliphatic rings. The molecule has 0 spiro atoms. The van der Waals surface area contributed by atoms with Crippen LogP contribution in [0.3, 0.4) is 0 Å². The van der Waals surface area contributed by atoms with Gasteiger partial charge in [-0.2, -0.15) is 0 Å². The first kappa shape index (κ1) is 16.2. The zero-order valence-electron chi connectivity index (χ0n) is 12.5. The van der Waals surface area contributed by atoms with Gasteiger partial charge in [-0.05, 0) is 27.8 Å². The largest absolute Gasteiger partial charge is 0.468 e. The molecule has 0 radical (unpaired) electrons. The van der Waals surface area contributed by atoms with E-state index in [1.807, 2.05) is 0 Å². The number of imidazole rings is 1. The molecule has 0 aliphatic carbocycles. The van der Waals surface area contributed by atoms with E-state index in [-0.39, 0.29) is 5.97 Å². The molecular formula is C13H21N3O4. The molecule has 1 heterocycles. The third-order valence-electron chi connectivity index (χ3n) is 2.49. The normalized spacial score (nSPS) is 12.8. The van der Waals surface area contributed by atoms with Gasteiger partial charge in [0.25, 0.3) is 0 Å². The molecule has 0 saturated heterocycles. The van der Waals surface area contributed by atoms with Gasteiger partial charge in [-0.3, -0.25) is 4.79 Å². The molecule has 7 heteroatoms. The van der Waals surface area contributed by atoms with Gasteiger partial charge in [-0.25, -0.2) is 14.3 Å². The van der Waals surface area contributed by atoms with Crippen LogP contribution in [-0.4, -0.2) is 47.4 Å². The summed E-state index contributed by atoms with van der Waals surface area (Å²) in [5.41, 5.74) is 0.0294. The quantitative estimate of drug-likeness (QED) is 0.829. The van der Waals surface area contributed by atoms with Crippen molar-refractivity contribution in [2.45, 2.75) is 38.8 Å². The summed E-state index contributed by atoms with van der Waals surface area (Å²) in [4.78, 5) is 27.4. The Labute approximate surface area is 118 Å². The van der Waals surface area contributed by atoms with E-state index >= 15 is 0 Å². The third kappa shape index (κ3) is 4.65. The minimum atomic E-state index is -0.568. The molecule has 1 rings (SSSR count). The van der Waals surface area contributed by atoms with Crippen LogP contribution < -0.4 is 5.32 Å². The second kappa shape index (κ2) is 6.51. The SMILES string of the molecule is CN[C@H](Cc1cn(C(=O)OC(C)(C)C)cn1)C(=O)OC. The fraction of sp³-hybridized carbons (Fsp3) is 0.615. The van der Waals surface area contributed by atoms with Gasteiger partial charge >= 0.3 is 12.1 Å². The molecule has 0 amide bonds. The van der Waals surface area contributed by atoms with Crippen molar-refractivity contribution < 1.29 is 19.1 Å². The Morgan fingerprint density at radius 3 is 2.60 bits per heavy atom. The number of nitrogens with zero attached hydrogens (tertiary/aromatic N) is 2. The Hall–Kier alpha value is -1.89. The lowest BCUT2D eigenvalue weighted by atomic mass is 10.2. The maximum absolute atomic E-state index is 11.8. The number of hydrogen-bond acceptors (Lipinski definition) is 6. The van der Waals surface area contributed by atoms with Crippen LogP contribution in [0.1, 0.15) is 26.5 Å². The highest BCUT2D eigenvalue weighted by molar-refractivity contribution is 5.76. The molecule has 0 unspecified atom stereocenters. The standard InChI is InChI=1S/C13H21N3O4/c1-13(2,3)20-12(18)16-7-9(15-8-16)6-10(14-4)11(17)19-5/h7-8,10,14H,6H2,1-5H3/t10-/m1/s1. The van der Waals surface area contributed by atoms with E-state index in [9.17, 15) is 9.59 Å². The number of hydrogen-bond donors (Lipinski definition) is 1. The number of rotatable bonds is 4. The Balaban J connectivity index is 2.72. The van der Waals surface area contributed by atoms with Crippen LogP contribution in [0.4, 0.5) is 4.79 Å². The first-order chi connectivity index (χ1) is 9.26. The molecule has 0 aliphatic heterocycles. The predicted octanol–water partition coefficient (Wildman–Crippen LogP) is 0.970. The molecule has 1 atom stereocenters. The summed E-state index contributed by atoms with van der Waals surface area (Å²) in [5, 5.41) is 2.84. The van der Waals surface area contributed by atoms with Gasteiger partial charge in [0, 0.05) is 12.6 Å². The summed E-state index contributed by atoms with van der Waals surface area (Å²) in [6.07, 6.45) is 2.74. The van der Waals surface area contributed by atoms with Crippen molar-refractivity contribution in [3.8, 4) is 0 Å². The number of methoxy groups -OCH3 is 1. The van der Waals surface area contributed by atoms with E-state index in [2.05, 4.69) is 15.0 Å². The molecule has 0 bridgehead atoms. The van der Waals surface area contributed by atoms with E-state index in [1.54, 1.807) is 34.0 Å². The molecule has 1 N–H and O–H groups in total. The lowest BCUT2D eigenvalue weighted by Crippen LogP contribution is -2.37. The average Bonchev–Trinajstić information content (AvgIpc) is 2.81. The number of likely N-dealkylation sites (N-methyl/N-ethyl adjacent to an activating group) is 1. The number of esters is 1. The van der Waals surface area contributed by atoms with Crippen molar-refractivity contribution >= 4 is 12.1 Å². The van der Waals surface area contributed by atoms with Crippen molar-refractivity contribution in [1.82, 2.24) is 14.9 Å². The van der Waals surface area contributed by atoms with Gasteiger partial charge in [0.1, 0.15) is 18.0 Å². The Kier molecular flexibility index (Phi) is 5.26. The molecule has 20 heavy (non-hydrogen) atoms. The van der Waals surface area contributed by atoms with Crippen LogP contribution in [0, 0.1) is 0 Å². The molecule has 112 valence electrons. The number of nitrogens with one attached hydrogen (secondary N) is 1. The summed E-state index contributed by atoms with van der Waals surface area (Å²) in [6.45, 7) is 5.37. The maximum atomic E-state index is 11.8. The van der Waals surface area contributed by atoms with Crippen LogP contribution >= 0.6 is 0 Å². The van der Waals surface area contributed by atoms with Gasteiger partial charge in [0.15, 0.2) is 0 Å². The summed E-state index contributed by atoms with van der Waals surface area (Å²) < 4.78 is 11.1. The number of aromatic nitrogens is 2. The fourth-order valence-corrected chi connectivity index (χ4v) is 1.54. The second-order valence-electron chi connectivity index (χ2n) is 5.32. The zero-order chi connectivity index (χ0) is 15.3. The highest BCUT2D eigenvalue weighted by atomic mass is 16.6. The summed E-state index contributed by atoms with van der Waals surface area (Å²) >= 11 is 0. The second-order valence-corrected chi connectivity index (χ2v) is 5.32. The van der Waals surface area contributed by atoms with Crippen molar-refractivity contribution in [2.24, 2.45) is 0 Å². The van der Waals surface area contributed by atoms with Gasteiger partial charge in [-0.15, -0.1) is 0 Å². The lowest BCUT2D eigenvalue weighted by molar-refractivity contribution is -0.142. The maximum Gasteiger partial charge on any atom is 0.419 e. The lowest BCUT2D eigenvalue weighted by Gasteiger charge is -2.19. The van der Waals surface area contributed by atoms with Gasteiger partial charge in [-0.1, -0.05) is 0 Å². The molecule has 0 aromatic carbocycles. The summed E-state index contributed by atoms with van der Waals surface area (Å²) in [6, 6.07) is -0.498. The molecular weight excluding hydrogens is 262 g/mol. The number of carbonyl (C=O) groups is 2. The first-order valence-electron chi connectivity index (χ1n) is 6.28. The Morgan fingerprint density at radius 2 is 2.10 bits per heavy atom. The summed E-state index contributed by atoms with van der Waals surface area (Å²) in [5.74, 6) is -0.376. The highest BCUT2D eigenvalue weighted by Gasteiger charge is 2.21. The van der Waals surface area contributed by atoms with Crippen LogP contribution in [0.2, 0.25) is 0 Å². The topological polar surface area (TPSA) is 82.5 Å². The van der Waals surface area contributed by atoms with Crippen LogP contribution in [-0.2, 0) is 20.7 Å². The highest BCUT2D eigenvalue weighted by Crippen LogP contribution is 2.10. The number of ether oxygens (including phenoxy) is 2. The minimum absolute atomic E-state index is 0.332. The summed E-state index contributed by atoms with van der Waals surface area (Å²) in [7, 11) is 2.98. The van der Waals surface area contributed by atoms with Gasteiger partial charge in [0.2, 0.25) is 0 Å². The van der Waals surface area contributed by atoms with Crippen LogP contribution in [0.5, 0.6) is 0 Å². The van der Waals surface area contributed by atoms with Gasteiger partial charge in [0.05, 0.1) is 12.8 Å². The number of carbonyl (C=O) groups excluding carboxylic acids is 2. The monoisotopic (exact) mass is 283 g/mol. The van der Waals surface area contributed by atoms with E-state index in [0.717, 1.165) is 0 Å². The zero-order valence-corrected chi connectivity index (χ0v) is 12.5. The smallest absolute Gasteiger partial charge is 0.419 e. The van der Waals surface area contributed by atoms with Crippen molar-refractivity contribution in [3.05, 3.63) is 18.2 Å². The van der Waals surface area contributed by atoms with Crippen LogP contribution in [0.25, 0.3) is 0 Å². The first-order valence-corrected chi connectivity index (χ1v) is 6.28. The van der Waals surface area contributed by atoms with Crippen molar-refractivity contribution in [3.63, 3.8) is 0 Å². The Bertz CT molecular complexity index is 476. The van der Waals surface area contributed by atoms with E-state index in [0.29, 0.717) is 12.1 Å². The van der Waals surface area contributed by atoms with E-state index in [4.69, 9.17) is 4.74 Å². The third-order valence-corrected chi connectivity index (χ3v) is 2.49. The molecule has 1 aromatic rings. The fourth-order valence-electron chi connectivity index (χ4n) is 1.54. The van der Waals surface area contributed by atoms with Crippen LogP contribution in [0.15, 0.2) is 12.5 Å². The molecule has 7 nitrogen and oxygen atoms in total. The van der Waals surface area contributed by atoms with E-state index in [1.165, 1.54) is 18.0 Å².